The zero-order valence-corrected chi connectivity index (χ0v) is 20.5. The highest BCUT2D eigenvalue weighted by Gasteiger charge is 2.20. The Morgan fingerprint density at radius 2 is 1.50 bits per heavy atom. The van der Waals surface area contributed by atoms with Gasteiger partial charge < -0.3 is 4.18 Å². The quantitative estimate of drug-likeness (QED) is 0.348. The Morgan fingerprint density at radius 1 is 0.853 bits per heavy atom. The summed E-state index contributed by atoms with van der Waals surface area (Å²) >= 11 is 0. The summed E-state index contributed by atoms with van der Waals surface area (Å²) in [5.74, 6) is 0.176. The van der Waals surface area contributed by atoms with Gasteiger partial charge in [0.05, 0.1) is 0 Å². The van der Waals surface area contributed by atoms with Crippen molar-refractivity contribution in [3.8, 4) is 5.75 Å². The molecular weight excluding hydrogens is 449 g/mol. The van der Waals surface area contributed by atoms with E-state index in [4.69, 9.17) is 4.18 Å². The fourth-order valence-electron chi connectivity index (χ4n) is 4.34. The van der Waals surface area contributed by atoms with Crippen LogP contribution >= 0.6 is 0 Å². The van der Waals surface area contributed by atoms with Crippen molar-refractivity contribution in [2.45, 2.75) is 56.9 Å². The highest BCUT2D eigenvalue weighted by atomic mass is 32.2. The van der Waals surface area contributed by atoms with Crippen LogP contribution in [0.1, 0.15) is 47.9 Å². The Kier molecular flexibility index (Phi) is 8.01. The minimum Gasteiger partial charge on any atom is -0.379 e. The molecule has 0 amide bonds. The molecule has 180 valence electrons. The first kappa shape index (κ1) is 24.4. The predicted octanol–water partition coefficient (Wildman–Crippen LogP) is 6.06. The summed E-state index contributed by atoms with van der Waals surface area (Å²) in [6.45, 7) is 4.63. The normalized spacial score (nSPS) is 14.8. The van der Waals surface area contributed by atoms with Crippen molar-refractivity contribution in [3.05, 3.63) is 94.8 Å². The van der Waals surface area contributed by atoms with Gasteiger partial charge in [0, 0.05) is 12.1 Å². The van der Waals surface area contributed by atoms with Crippen molar-refractivity contribution in [2.75, 3.05) is 13.1 Å². The van der Waals surface area contributed by atoms with Crippen LogP contribution in [0.25, 0.3) is 0 Å². The highest BCUT2D eigenvalue weighted by molar-refractivity contribution is 7.87. The van der Waals surface area contributed by atoms with Crippen molar-refractivity contribution in [1.29, 1.82) is 0 Å². The van der Waals surface area contributed by atoms with E-state index < -0.39 is 10.1 Å². The van der Waals surface area contributed by atoms with E-state index >= 15 is 0 Å². The van der Waals surface area contributed by atoms with Crippen LogP contribution in [0.5, 0.6) is 5.75 Å². The third-order valence-corrected chi connectivity index (χ3v) is 7.58. The Morgan fingerprint density at radius 3 is 2.21 bits per heavy atom. The molecule has 3 aromatic carbocycles. The minimum atomic E-state index is -3.93. The SMILES string of the molecule is Cc1ccc(S(=O)(=O)Oc2cc(CCCc3ccc(F)cc3)ccc2CN2CCCCC2)cc1. The van der Waals surface area contributed by atoms with Crippen LogP contribution < -0.4 is 4.18 Å². The van der Waals surface area contributed by atoms with E-state index in [-0.39, 0.29) is 10.7 Å². The summed E-state index contributed by atoms with van der Waals surface area (Å²) in [4.78, 5) is 2.52. The van der Waals surface area contributed by atoms with Gasteiger partial charge in [0.1, 0.15) is 16.5 Å². The standard InChI is InChI=1S/C28H32FNO3S/c1-22-8-16-27(17-9-22)34(31,32)33-28-20-24(7-5-6-23-11-14-26(29)15-12-23)10-13-25(28)21-30-18-3-2-4-19-30/h8-17,20H,2-7,18-19,21H2,1H3. The van der Waals surface area contributed by atoms with Gasteiger partial charge in [-0.15, -0.1) is 0 Å². The first-order valence-corrected chi connectivity index (χ1v) is 13.4. The van der Waals surface area contributed by atoms with E-state index in [0.29, 0.717) is 12.3 Å². The molecule has 0 spiro atoms. The van der Waals surface area contributed by atoms with E-state index in [9.17, 15) is 12.8 Å². The average Bonchev–Trinajstić information content (AvgIpc) is 2.83. The van der Waals surface area contributed by atoms with E-state index in [1.54, 1.807) is 36.4 Å². The molecule has 0 aromatic heterocycles. The number of piperidine rings is 1. The molecule has 0 atom stereocenters. The Hall–Kier alpha value is -2.70. The van der Waals surface area contributed by atoms with E-state index in [0.717, 1.165) is 54.6 Å². The number of aryl methyl sites for hydroxylation is 3. The van der Waals surface area contributed by atoms with Crippen LogP contribution in [0.2, 0.25) is 0 Å². The lowest BCUT2D eigenvalue weighted by Gasteiger charge is -2.27. The van der Waals surface area contributed by atoms with Crippen LogP contribution in [0.4, 0.5) is 4.39 Å². The molecule has 1 aliphatic heterocycles. The molecule has 0 unspecified atom stereocenters. The molecule has 1 saturated heterocycles. The molecule has 4 rings (SSSR count). The van der Waals surface area contributed by atoms with E-state index in [1.807, 2.05) is 19.1 Å². The number of nitrogens with zero attached hydrogens (tertiary/aromatic N) is 1. The summed E-state index contributed by atoms with van der Waals surface area (Å²) in [5.41, 5.74) is 3.99. The van der Waals surface area contributed by atoms with Gasteiger partial charge in [-0.25, -0.2) is 4.39 Å². The predicted molar refractivity (Wildman–Crippen MR) is 133 cm³/mol. The maximum absolute atomic E-state index is 13.1. The van der Waals surface area contributed by atoms with E-state index in [2.05, 4.69) is 11.0 Å². The number of hydrogen-bond acceptors (Lipinski definition) is 4. The van der Waals surface area contributed by atoms with Gasteiger partial charge in [0.2, 0.25) is 0 Å². The van der Waals surface area contributed by atoms with Crippen LogP contribution in [0.3, 0.4) is 0 Å². The van der Waals surface area contributed by atoms with Crippen LogP contribution in [0.15, 0.2) is 71.6 Å². The molecule has 0 N–H and O–H groups in total. The van der Waals surface area contributed by atoms with Gasteiger partial charge in [-0.3, -0.25) is 4.90 Å². The lowest BCUT2D eigenvalue weighted by atomic mass is 10.0. The van der Waals surface area contributed by atoms with Gasteiger partial charge in [0.15, 0.2) is 0 Å². The summed E-state index contributed by atoms with van der Waals surface area (Å²) < 4.78 is 44.9. The minimum absolute atomic E-state index is 0.156. The Balaban J connectivity index is 1.52. The first-order valence-electron chi connectivity index (χ1n) is 12.0. The van der Waals surface area contributed by atoms with Crippen LogP contribution in [0, 0.1) is 12.7 Å². The highest BCUT2D eigenvalue weighted by Crippen LogP contribution is 2.28. The van der Waals surface area contributed by atoms with E-state index in [1.165, 1.54) is 31.4 Å². The van der Waals surface area contributed by atoms with Crippen molar-refractivity contribution < 1.29 is 17.0 Å². The number of benzene rings is 3. The fourth-order valence-corrected chi connectivity index (χ4v) is 5.30. The summed E-state index contributed by atoms with van der Waals surface area (Å²) in [7, 11) is -3.93. The third-order valence-electron chi connectivity index (χ3n) is 6.33. The molecule has 1 fully saturated rings. The van der Waals surface area contributed by atoms with Gasteiger partial charge >= 0.3 is 10.1 Å². The molecule has 1 aliphatic rings. The van der Waals surface area contributed by atoms with Gasteiger partial charge in [-0.1, -0.05) is 48.4 Å². The second-order valence-electron chi connectivity index (χ2n) is 9.11. The molecule has 1 heterocycles. The van der Waals surface area contributed by atoms with Gasteiger partial charge in [0.25, 0.3) is 0 Å². The smallest absolute Gasteiger partial charge is 0.339 e. The third kappa shape index (κ3) is 6.67. The van der Waals surface area contributed by atoms with Crippen molar-refractivity contribution in [1.82, 2.24) is 4.90 Å². The largest absolute Gasteiger partial charge is 0.379 e. The molecule has 34 heavy (non-hydrogen) atoms. The fraction of sp³-hybridized carbons (Fsp3) is 0.357. The Bertz CT molecular complexity index is 1190. The number of rotatable bonds is 9. The maximum Gasteiger partial charge on any atom is 0.339 e. The first-order chi connectivity index (χ1) is 16.4. The molecular formula is C28H32FNO3S. The average molecular weight is 482 g/mol. The molecule has 0 radical (unpaired) electrons. The van der Waals surface area contributed by atoms with Crippen LogP contribution in [-0.4, -0.2) is 26.4 Å². The zero-order chi connectivity index (χ0) is 24.0. The molecule has 4 nitrogen and oxygen atoms in total. The van der Waals surface area contributed by atoms with Crippen molar-refractivity contribution in [3.63, 3.8) is 0 Å². The summed E-state index contributed by atoms with van der Waals surface area (Å²) in [6.07, 6.45) is 6.06. The molecule has 0 saturated carbocycles. The lowest BCUT2D eigenvalue weighted by molar-refractivity contribution is 0.219. The van der Waals surface area contributed by atoms with Gasteiger partial charge in [-0.05, 0) is 93.6 Å². The number of likely N-dealkylation sites (tertiary alicyclic amines) is 1. The maximum atomic E-state index is 13.1. The van der Waals surface area contributed by atoms with Gasteiger partial charge in [-0.2, -0.15) is 8.42 Å². The molecule has 0 bridgehead atoms. The number of hydrogen-bond donors (Lipinski definition) is 0. The summed E-state index contributed by atoms with van der Waals surface area (Å²) in [6, 6.07) is 19.2. The number of halogens is 1. The topological polar surface area (TPSA) is 46.6 Å². The van der Waals surface area contributed by atoms with Crippen LogP contribution in [-0.2, 0) is 29.5 Å². The molecule has 6 heteroatoms. The molecule has 0 aliphatic carbocycles. The van der Waals surface area contributed by atoms with Crippen molar-refractivity contribution >= 4 is 10.1 Å². The van der Waals surface area contributed by atoms with Crippen molar-refractivity contribution in [2.24, 2.45) is 0 Å². The second-order valence-corrected chi connectivity index (χ2v) is 10.7. The molecule has 3 aromatic rings. The lowest BCUT2D eigenvalue weighted by Crippen LogP contribution is -2.29. The summed E-state index contributed by atoms with van der Waals surface area (Å²) in [5, 5.41) is 0. The monoisotopic (exact) mass is 481 g/mol. The Labute approximate surface area is 202 Å². The second kappa shape index (κ2) is 11.2. The zero-order valence-electron chi connectivity index (χ0n) is 19.7.